The first-order valence-corrected chi connectivity index (χ1v) is 7.63. The molecule has 3 rings (SSSR count). The first-order chi connectivity index (χ1) is 11.1. The smallest absolute Gasteiger partial charge is 0.407 e. The van der Waals surface area contributed by atoms with Crippen LogP contribution in [0.2, 0.25) is 0 Å². The van der Waals surface area contributed by atoms with Crippen LogP contribution in [0.5, 0.6) is 11.5 Å². The van der Waals surface area contributed by atoms with Crippen LogP contribution >= 0.6 is 0 Å². The first-order valence-electron chi connectivity index (χ1n) is 7.63. The number of allylic oxidation sites excluding steroid dienone is 1. The Kier molecular flexibility index (Phi) is 4.23. The van der Waals surface area contributed by atoms with Crippen molar-refractivity contribution in [3.63, 3.8) is 0 Å². The minimum Gasteiger partial charge on any atom is -0.496 e. The topological polar surface area (TPSA) is 76.1 Å². The number of hydrogen-bond donors (Lipinski definition) is 1. The Morgan fingerprint density at radius 3 is 2.78 bits per heavy atom. The third-order valence-corrected chi connectivity index (χ3v) is 4.37. The van der Waals surface area contributed by atoms with Crippen molar-refractivity contribution in [2.45, 2.75) is 12.8 Å². The maximum Gasteiger partial charge on any atom is 0.407 e. The highest BCUT2D eigenvalue weighted by atomic mass is 16.5. The Morgan fingerprint density at radius 2 is 2.13 bits per heavy atom. The van der Waals surface area contributed by atoms with Crippen LogP contribution in [0.15, 0.2) is 18.2 Å². The molecule has 2 heterocycles. The fourth-order valence-corrected chi connectivity index (χ4v) is 3.02. The number of hydrogen-bond acceptors (Lipinski definition) is 4. The lowest BCUT2D eigenvalue weighted by Crippen LogP contribution is -2.36. The predicted octanol–water partition coefficient (Wildman–Crippen LogP) is 2.67. The van der Waals surface area contributed by atoms with Crippen molar-refractivity contribution in [3.8, 4) is 11.5 Å². The van der Waals surface area contributed by atoms with E-state index in [9.17, 15) is 9.59 Å². The van der Waals surface area contributed by atoms with Gasteiger partial charge in [-0.3, -0.25) is 4.79 Å². The van der Waals surface area contributed by atoms with E-state index in [4.69, 9.17) is 14.6 Å². The van der Waals surface area contributed by atoms with Gasteiger partial charge in [-0.05, 0) is 30.9 Å². The van der Waals surface area contributed by atoms with Gasteiger partial charge in [0.15, 0.2) is 6.61 Å². The van der Waals surface area contributed by atoms with Gasteiger partial charge in [0.2, 0.25) is 5.78 Å². The predicted molar refractivity (Wildman–Crippen MR) is 84.2 cm³/mol. The van der Waals surface area contributed by atoms with Crippen LogP contribution in [0, 0.1) is 5.92 Å². The molecule has 0 unspecified atom stereocenters. The molecule has 122 valence electrons. The van der Waals surface area contributed by atoms with Gasteiger partial charge in [-0.25, -0.2) is 4.79 Å². The standard InChI is InChI=1S/C17H19NO5/c1-22-15-5-4-12-14(19)10-23-16(12)13(15)3-2-11-6-8-18(9-7-11)17(20)21/h2-5,11H,6-10H2,1H3,(H,20,21)/b3-2-. The number of fused-ring (bicyclic) bond motifs is 1. The summed E-state index contributed by atoms with van der Waals surface area (Å²) in [4.78, 5) is 24.1. The minimum absolute atomic E-state index is 0.0212. The van der Waals surface area contributed by atoms with E-state index < -0.39 is 6.09 Å². The molecule has 1 amide bonds. The van der Waals surface area contributed by atoms with E-state index in [0.717, 1.165) is 18.4 Å². The van der Waals surface area contributed by atoms with E-state index in [1.54, 1.807) is 19.2 Å². The summed E-state index contributed by atoms with van der Waals surface area (Å²) in [5.41, 5.74) is 1.36. The molecule has 0 aromatic heterocycles. The average Bonchev–Trinajstić information content (AvgIpc) is 2.94. The van der Waals surface area contributed by atoms with Crippen LogP contribution in [0.25, 0.3) is 6.08 Å². The van der Waals surface area contributed by atoms with Crippen molar-refractivity contribution in [3.05, 3.63) is 29.3 Å². The van der Waals surface area contributed by atoms with Crippen LogP contribution in [-0.2, 0) is 0 Å². The second kappa shape index (κ2) is 6.32. The Labute approximate surface area is 134 Å². The molecule has 0 atom stereocenters. The number of rotatable bonds is 3. The Balaban J connectivity index is 1.78. The first kappa shape index (κ1) is 15.4. The fourth-order valence-electron chi connectivity index (χ4n) is 3.02. The maximum absolute atomic E-state index is 11.8. The lowest BCUT2D eigenvalue weighted by Gasteiger charge is -2.28. The number of likely N-dealkylation sites (tertiary alicyclic amines) is 1. The van der Waals surface area contributed by atoms with E-state index in [1.165, 1.54) is 4.90 Å². The largest absolute Gasteiger partial charge is 0.496 e. The molecule has 2 aliphatic rings. The highest BCUT2D eigenvalue weighted by molar-refractivity contribution is 6.03. The van der Waals surface area contributed by atoms with Gasteiger partial charge in [0, 0.05) is 13.1 Å². The highest BCUT2D eigenvalue weighted by Gasteiger charge is 2.26. The number of ether oxygens (including phenoxy) is 2. The monoisotopic (exact) mass is 317 g/mol. The SMILES string of the molecule is COc1ccc2c(c1/C=C\C1CCN(C(=O)O)CC1)OCC2=O. The van der Waals surface area contributed by atoms with Crippen molar-refractivity contribution in [1.29, 1.82) is 0 Å². The van der Waals surface area contributed by atoms with Crippen molar-refractivity contribution >= 4 is 18.0 Å². The van der Waals surface area contributed by atoms with Gasteiger partial charge in [-0.2, -0.15) is 0 Å². The number of carbonyl (C=O) groups excluding carboxylic acids is 1. The zero-order valence-corrected chi connectivity index (χ0v) is 12.9. The van der Waals surface area contributed by atoms with Crippen LogP contribution in [0.3, 0.4) is 0 Å². The number of benzene rings is 1. The third kappa shape index (κ3) is 3.02. The Bertz CT molecular complexity index is 659. The van der Waals surface area contributed by atoms with E-state index in [-0.39, 0.29) is 12.4 Å². The summed E-state index contributed by atoms with van der Waals surface area (Å²) in [6.07, 6.45) is 4.71. The molecule has 0 spiro atoms. The molecular weight excluding hydrogens is 298 g/mol. The second-order valence-corrected chi connectivity index (χ2v) is 5.74. The van der Waals surface area contributed by atoms with Crippen LogP contribution < -0.4 is 9.47 Å². The summed E-state index contributed by atoms with van der Waals surface area (Å²) in [5.74, 6) is 1.53. The molecule has 0 saturated carbocycles. The molecule has 6 nitrogen and oxygen atoms in total. The number of carbonyl (C=O) groups is 2. The van der Waals surface area contributed by atoms with E-state index in [1.807, 2.05) is 6.08 Å². The van der Waals surface area contributed by atoms with Crippen LogP contribution in [0.1, 0.15) is 28.8 Å². The molecule has 1 saturated heterocycles. The molecule has 1 fully saturated rings. The summed E-state index contributed by atoms with van der Waals surface area (Å²) in [6, 6.07) is 3.50. The Morgan fingerprint density at radius 1 is 1.39 bits per heavy atom. The number of Topliss-reactive ketones (excluding diaryl/α,β-unsaturated/α-hetero) is 1. The second-order valence-electron chi connectivity index (χ2n) is 5.74. The number of amides is 1. The van der Waals surface area contributed by atoms with Crippen molar-refractivity contribution < 1.29 is 24.2 Å². The highest BCUT2D eigenvalue weighted by Crippen LogP contribution is 2.37. The van der Waals surface area contributed by atoms with Crippen molar-refractivity contribution in [2.75, 3.05) is 26.8 Å². The van der Waals surface area contributed by atoms with Gasteiger partial charge in [0.25, 0.3) is 0 Å². The van der Waals surface area contributed by atoms with E-state index >= 15 is 0 Å². The van der Waals surface area contributed by atoms with Gasteiger partial charge < -0.3 is 19.5 Å². The maximum atomic E-state index is 11.8. The minimum atomic E-state index is -0.859. The van der Waals surface area contributed by atoms with Crippen LogP contribution in [-0.4, -0.2) is 48.7 Å². The quantitative estimate of drug-likeness (QED) is 0.927. The summed E-state index contributed by atoms with van der Waals surface area (Å²) in [7, 11) is 1.58. The molecule has 1 N–H and O–H groups in total. The molecule has 0 radical (unpaired) electrons. The van der Waals surface area contributed by atoms with Crippen molar-refractivity contribution in [2.24, 2.45) is 5.92 Å². The lowest BCUT2D eigenvalue weighted by molar-refractivity contribution is 0.0961. The molecule has 0 bridgehead atoms. The molecule has 1 aromatic rings. The molecule has 23 heavy (non-hydrogen) atoms. The van der Waals surface area contributed by atoms with E-state index in [2.05, 4.69) is 6.08 Å². The summed E-state index contributed by atoms with van der Waals surface area (Å²) in [6.45, 7) is 1.16. The Hall–Kier alpha value is -2.50. The number of nitrogens with zero attached hydrogens (tertiary/aromatic N) is 1. The number of ketones is 1. The molecule has 0 aliphatic carbocycles. The number of carboxylic acid groups (broad SMARTS) is 1. The van der Waals surface area contributed by atoms with Crippen LogP contribution in [0.4, 0.5) is 4.79 Å². The third-order valence-electron chi connectivity index (χ3n) is 4.37. The van der Waals surface area contributed by atoms with Gasteiger partial charge in [0.1, 0.15) is 11.5 Å². The molecule has 2 aliphatic heterocycles. The van der Waals surface area contributed by atoms with E-state index in [0.29, 0.717) is 36.1 Å². The lowest BCUT2D eigenvalue weighted by atomic mass is 9.95. The summed E-state index contributed by atoms with van der Waals surface area (Å²) < 4.78 is 10.9. The van der Waals surface area contributed by atoms with Gasteiger partial charge >= 0.3 is 6.09 Å². The zero-order chi connectivity index (χ0) is 16.4. The summed E-state index contributed by atoms with van der Waals surface area (Å²) >= 11 is 0. The number of piperidine rings is 1. The molecule has 6 heteroatoms. The summed E-state index contributed by atoms with van der Waals surface area (Å²) in [5, 5.41) is 8.97. The molecular formula is C17H19NO5. The van der Waals surface area contributed by atoms with Gasteiger partial charge in [-0.15, -0.1) is 0 Å². The average molecular weight is 317 g/mol. The molecule has 1 aromatic carbocycles. The van der Waals surface area contributed by atoms with Crippen molar-refractivity contribution in [1.82, 2.24) is 4.90 Å². The van der Waals surface area contributed by atoms with Gasteiger partial charge in [-0.1, -0.05) is 12.2 Å². The normalized spacial score (nSPS) is 18.1. The van der Waals surface area contributed by atoms with Gasteiger partial charge in [0.05, 0.1) is 18.2 Å². The zero-order valence-electron chi connectivity index (χ0n) is 12.9. The number of methoxy groups -OCH3 is 1. The fraction of sp³-hybridized carbons (Fsp3) is 0.412.